The van der Waals surface area contributed by atoms with Gasteiger partial charge in [0.25, 0.3) is 0 Å². The lowest BCUT2D eigenvalue weighted by atomic mass is 9.98. The van der Waals surface area contributed by atoms with Crippen LogP contribution in [0.25, 0.3) is 0 Å². The monoisotopic (exact) mass is 719 g/mol. The van der Waals surface area contributed by atoms with Crippen LogP contribution in [0.4, 0.5) is 0 Å². The second-order valence-corrected chi connectivity index (χ2v) is 10.5. The molecule has 0 aromatic heterocycles. The largest absolute Gasteiger partial charge is 0.503 e. The summed E-state index contributed by atoms with van der Waals surface area (Å²) in [4.78, 5) is 13.8. The van der Waals surface area contributed by atoms with Crippen molar-refractivity contribution in [2.24, 2.45) is 0 Å². The van der Waals surface area contributed by atoms with E-state index in [9.17, 15) is 25.2 Å². The van der Waals surface area contributed by atoms with Crippen molar-refractivity contribution in [1.82, 2.24) is 4.90 Å². The van der Waals surface area contributed by atoms with E-state index < -0.39 is 0 Å². The van der Waals surface area contributed by atoms with Gasteiger partial charge in [0, 0.05) is 30.4 Å². The number of benzene rings is 2. The van der Waals surface area contributed by atoms with Crippen LogP contribution in [0.2, 0.25) is 0 Å². The quantitative estimate of drug-likeness (QED) is 0.228. The number of carbonyl (C=O) groups excluding carboxylic acids is 1. The van der Waals surface area contributed by atoms with E-state index >= 15 is 0 Å². The maximum absolute atomic E-state index is 12.1. The first kappa shape index (κ1) is 23.2. The highest BCUT2D eigenvalue weighted by Gasteiger charge is 2.28. The molecule has 11 heteroatoms. The predicted molar refractivity (Wildman–Crippen MR) is 126 cm³/mol. The fraction of sp³-hybridized carbons (Fsp3) is 0.278. The molecule has 0 radical (unpaired) electrons. The Kier molecular flexibility index (Phi) is 7.14. The number of nitrogens with zero attached hydrogens (tertiary/aromatic N) is 1. The van der Waals surface area contributed by atoms with E-state index in [1.807, 2.05) is 0 Å². The topological polar surface area (TPSA) is 101 Å². The lowest BCUT2D eigenvalue weighted by Crippen LogP contribution is -2.25. The van der Waals surface area contributed by atoms with E-state index in [1.54, 1.807) is 4.90 Å². The van der Waals surface area contributed by atoms with Gasteiger partial charge in [-0.15, -0.1) is 0 Å². The van der Waals surface area contributed by atoms with E-state index in [0.717, 1.165) is 6.42 Å². The van der Waals surface area contributed by atoms with Gasteiger partial charge in [0.15, 0.2) is 23.0 Å². The normalized spacial score (nSPS) is 14.1. The standard InChI is InChI=1S/C18H14Br5NO5/c19-10-7(12(21)16(27)18(29)14(10)23)4-6-8(5-24-3-1-2-9(24)25)13(22)17(28)15(26)11(6)20/h26-29H,1-5H2. The van der Waals surface area contributed by atoms with Crippen LogP contribution in [0.3, 0.4) is 0 Å². The first-order chi connectivity index (χ1) is 13.6. The summed E-state index contributed by atoms with van der Waals surface area (Å²) >= 11 is 16.7. The molecule has 0 atom stereocenters. The number of amides is 1. The van der Waals surface area contributed by atoms with Gasteiger partial charge in [0.1, 0.15) is 0 Å². The molecule has 1 amide bonds. The lowest BCUT2D eigenvalue weighted by molar-refractivity contribution is -0.128. The lowest BCUT2D eigenvalue weighted by Gasteiger charge is -2.23. The molecule has 156 valence electrons. The van der Waals surface area contributed by atoms with Crippen molar-refractivity contribution in [3.05, 3.63) is 39.1 Å². The van der Waals surface area contributed by atoms with Crippen LogP contribution in [0.5, 0.6) is 23.0 Å². The average molecular weight is 724 g/mol. The number of carbonyl (C=O) groups is 1. The predicted octanol–water partition coefficient (Wildman–Crippen LogP) is 6.03. The molecular weight excluding hydrogens is 710 g/mol. The molecule has 2 aromatic rings. The first-order valence-electron chi connectivity index (χ1n) is 8.31. The molecule has 1 aliphatic heterocycles. The first-order valence-corrected chi connectivity index (χ1v) is 12.3. The van der Waals surface area contributed by atoms with Gasteiger partial charge >= 0.3 is 0 Å². The number of hydrogen-bond acceptors (Lipinski definition) is 5. The van der Waals surface area contributed by atoms with Gasteiger partial charge in [0.05, 0.1) is 17.9 Å². The molecule has 1 heterocycles. The summed E-state index contributed by atoms with van der Waals surface area (Å²) in [5, 5.41) is 40.9. The Morgan fingerprint density at radius 1 is 0.690 bits per heavy atom. The fourth-order valence-corrected chi connectivity index (χ4v) is 6.05. The van der Waals surface area contributed by atoms with Crippen LogP contribution < -0.4 is 0 Å². The zero-order valence-electron chi connectivity index (χ0n) is 14.6. The van der Waals surface area contributed by atoms with Crippen LogP contribution in [0.15, 0.2) is 22.4 Å². The number of likely N-dealkylation sites (tertiary alicyclic amines) is 1. The molecule has 6 nitrogen and oxygen atoms in total. The molecule has 3 rings (SSSR count). The van der Waals surface area contributed by atoms with Crippen molar-refractivity contribution >= 4 is 85.6 Å². The molecule has 0 unspecified atom stereocenters. The molecule has 0 aliphatic carbocycles. The number of aromatic hydroxyl groups is 4. The van der Waals surface area contributed by atoms with E-state index in [4.69, 9.17) is 0 Å². The third-order valence-electron chi connectivity index (χ3n) is 4.77. The minimum atomic E-state index is -0.335. The Morgan fingerprint density at radius 3 is 1.69 bits per heavy atom. The van der Waals surface area contributed by atoms with E-state index in [1.165, 1.54) is 0 Å². The summed E-state index contributed by atoms with van der Waals surface area (Å²) in [7, 11) is 0. The number of phenols is 4. The summed E-state index contributed by atoms with van der Waals surface area (Å²) in [5.74, 6) is -1.28. The summed E-state index contributed by atoms with van der Waals surface area (Å²) < 4.78 is 1.65. The van der Waals surface area contributed by atoms with Crippen LogP contribution in [-0.2, 0) is 17.8 Å². The van der Waals surface area contributed by atoms with Gasteiger partial charge in [-0.1, -0.05) is 0 Å². The molecule has 1 fully saturated rings. The Labute approximate surface area is 208 Å². The van der Waals surface area contributed by atoms with Crippen LogP contribution in [0.1, 0.15) is 29.5 Å². The zero-order chi connectivity index (χ0) is 21.6. The summed E-state index contributed by atoms with van der Waals surface area (Å²) in [6.45, 7) is 0.866. The van der Waals surface area contributed by atoms with Crippen LogP contribution in [0, 0.1) is 0 Å². The number of halogens is 5. The van der Waals surface area contributed by atoms with Crippen LogP contribution >= 0.6 is 79.6 Å². The third kappa shape index (κ3) is 4.17. The molecule has 4 N–H and O–H groups in total. The van der Waals surface area contributed by atoms with Gasteiger partial charge in [-0.3, -0.25) is 4.79 Å². The maximum Gasteiger partial charge on any atom is 0.222 e. The molecule has 0 bridgehead atoms. The van der Waals surface area contributed by atoms with Crippen molar-refractivity contribution in [2.75, 3.05) is 6.54 Å². The highest BCUT2D eigenvalue weighted by molar-refractivity contribution is 9.13. The van der Waals surface area contributed by atoms with Crippen molar-refractivity contribution in [3.63, 3.8) is 0 Å². The van der Waals surface area contributed by atoms with Crippen molar-refractivity contribution in [3.8, 4) is 23.0 Å². The smallest absolute Gasteiger partial charge is 0.222 e. The molecule has 1 aliphatic rings. The molecular formula is C18H14Br5NO5. The van der Waals surface area contributed by atoms with Gasteiger partial charge in [-0.2, -0.15) is 0 Å². The molecule has 0 spiro atoms. The number of phenolic OH excluding ortho intramolecular Hbond substituents is 4. The van der Waals surface area contributed by atoms with Gasteiger partial charge in [0.2, 0.25) is 5.91 Å². The SMILES string of the molecule is O=C1CCCN1Cc1c(Br)c(O)c(O)c(Br)c1Cc1c(Br)c(O)c(O)c(Br)c1Br. The Bertz CT molecular complexity index is 998. The molecule has 1 saturated heterocycles. The van der Waals surface area contributed by atoms with Crippen LogP contribution in [-0.4, -0.2) is 37.8 Å². The Balaban J connectivity index is 2.18. The Morgan fingerprint density at radius 2 is 1.17 bits per heavy atom. The number of rotatable bonds is 4. The summed E-state index contributed by atoms with van der Waals surface area (Å²) in [5.41, 5.74) is 1.84. The van der Waals surface area contributed by atoms with E-state index in [2.05, 4.69) is 79.6 Å². The fourth-order valence-electron chi connectivity index (χ4n) is 3.19. The van der Waals surface area contributed by atoms with Gasteiger partial charge < -0.3 is 25.3 Å². The highest BCUT2D eigenvalue weighted by atomic mass is 79.9. The summed E-state index contributed by atoms with van der Waals surface area (Å²) in [6, 6.07) is 0. The Hall–Kier alpha value is -0.490. The van der Waals surface area contributed by atoms with Crippen molar-refractivity contribution < 1.29 is 25.2 Å². The average Bonchev–Trinajstić information content (AvgIpc) is 3.11. The maximum atomic E-state index is 12.1. The van der Waals surface area contributed by atoms with E-state index in [0.29, 0.717) is 38.6 Å². The molecule has 2 aromatic carbocycles. The van der Waals surface area contributed by atoms with Crippen molar-refractivity contribution in [2.45, 2.75) is 25.8 Å². The zero-order valence-corrected chi connectivity index (χ0v) is 22.5. The molecule has 0 saturated carbocycles. The minimum absolute atomic E-state index is 0.0268. The van der Waals surface area contributed by atoms with Gasteiger partial charge in [-0.25, -0.2) is 0 Å². The van der Waals surface area contributed by atoms with Gasteiger partial charge in [-0.05, 0) is 103 Å². The van der Waals surface area contributed by atoms with Crippen molar-refractivity contribution in [1.29, 1.82) is 0 Å². The molecule has 29 heavy (non-hydrogen) atoms. The van der Waals surface area contributed by atoms with E-state index in [-0.39, 0.29) is 55.3 Å². The second-order valence-electron chi connectivity index (χ2n) is 6.50. The summed E-state index contributed by atoms with van der Waals surface area (Å²) in [6.07, 6.45) is 1.46. The highest BCUT2D eigenvalue weighted by Crippen LogP contribution is 2.50. The number of hydrogen-bond donors (Lipinski definition) is 4. The second kappa shape index (κ2) is 8.94. The third-order valence-corrected chi connectivity index (χ3v) is 9.51. The minimum Gasteiger partial charge on any atom is -0.503 e.